The molecule has 0 heterocycles. The zero-order valence-corrected chi connectivity index (χ0v) is 15.3. The van der Waals surface area contributed by atoms with E-state index in [-0.39, 0.29) is 0 Å². The van der Waals surface area contributed by atoms with Gasteiger partial charge in [-0.25, -0.2) is 0 Å². The highest BCUT2D eigenvalue weighted by molar-refractivity contribution is 8.22. The number of thiocarbonyl (C=S) groups is 1. The van der Waals surface area contributed by atoms with Gasteiger partial charge >= 0.3 is 0 Å². The van der Waals surface area contributed by atoms with Gasteiger partial charge in [-0.15, -0.1) is 0 Å². The van der Waals surface area contributed by atoms with E-state index in [0.717, 1.165) is 22.6 Å². The maximum absolute atomic E-state index is 5.42. The third-order valence-corrected chi connectivity index (χ3v) is 4.84. The van der Waals surface area contributed by atoms with Crippen LogP contribution in [0.2, 0.25) is 0 Å². The average Bonchev–Trinajstić information content (AvgIpc) is 2.69. The Kier molecular flexibility index (Phi) is 6.37. The Morgan fingerprint density at radius 1 is 0.760 bits per heavy atom. The summed E-state index contributed by atoms with van der Waals surface area (Å²) in [6, 6.07) is 30.5. The van der Waals surface area contributed by atoms with Crippen LogP contribution >= 0.6 is 24.0 Å². The molecule has 3 rings (SSSR count). The first-order chi connectivity index (χ1) is 12.3. The van der Waals surface area contributed by atoms with Crippen molar-refractivity contribution in [2.75, 3.05) is 0 Å². The highest BCUT2D eigenvalue weighted by atomic mass is 32.2. The van der Waals surface area contributed by atoms with Crippen LogP contribution in [0.1, 0.15) is 16.7 Å². The Balaban J connectivity index is 1.72. The molecule has 0 fully saturated rings. The van der Waals surface area contributed by atoms with E-state index in [1.54, 1.807) is 11.8 Å². The molecule has 0 bridgehead atoms. The molecule has 0 saturated carbocycles. The van der Waals surface area contributed by atoms with E-state index in [2.05, 4.69) is 22.7 Å². The van der Waals surface area contributed by atoms with Crippen LogP contribution in [0.3, 0.4) is 0 Å². The summed E-state index contributed by atoms with van der Waals surface area (Å²) in [5, 5.41) is 4.58. The number of rotatable bonds is 5. The maximum atomic E-state index is 5.42. The first-order valence-corrected chi connectivity index (χ1v) is 9.37. The van der Waals surface area contributed by atoms with E-state index in [4.69, 9.17) is 12.2 Å². The molecular weight excluding hydrogens is 344 g/mol. The quantitative estimate of drug-likeness (QED) is 0.381. The van der Waals surface area contributed by atoms with Crippen molar-refractivity contribution in [1.82, 2.24) is 5.43 Å². The number of benzene rings is 3. The minimum atomic E-state index is 0.660. The van der Waals surface area contributed by atoms with Crippen molar-refractivity contribution < 1.29 is 0 Å². The zero-order valence-electron chi connectivity index (χ0n) is 13.6. The molecule has 2 nitrogen and oxygen atoms in total. The van der Waals surface area contributed by atoms with Crippen molar-refractivity contribution in [2.45, 2.75) is 5.75 Å². The smallest absolute Gasteiger partial charge is 0.154 e. The lowest BCUT2D eigenvalue weighted by molar-refractivity contribution is 1.06. The topological polar surface area (TPSA) is 24.4 Å². The minimum absolute atomic E-state index is 0.660. The standard InChI is InChI=1S/C21H18N2S2/c24-21(25-16-17-10-4-1-5-11-17)23-22-20(18-12-6-2-7-13-18)19-14-8-3-9-15-19/h1-15H,16H2,(H,23,24). The summed E-state index contributed by atoms with van der Waals surface area (Å²) < 4.78 is 0.660. The minimum Gasteiger partial charge on any atom is -0.262 e. The summed E-state index contributed by atoms with van der Waals surface area (Å²) in [7, 11) is 0. The van der Waals surface area contributed by atoms with Crippen molar-refractivity contribution in [3.8, 4) is 0 Å². The molecule has 0 amide bonds. The summed E-state index contributed by atoms with van der Waals surface area (Å²) in [5.74, 6) is 0.828. The summed E-state index contributed by atoms with van der Waals surface area (Å²) in [4.78, 5) is 0. The van der Waals surface area contributed by atoms with E-state index in [1.165, 1.54) is 5.56 Å². The van der Waals surface area contributed by atoms with Crippen LogP contribution in [0.5, 0.6) is 0 Å². The van der Waals surface area contributed by atoms with Crippen LogP contribution in [0, 0.1) is 0 Å². The lowest BCUT2D eigenvalue weighted by Gasteiger charge is -2.09. The van der Waals surface area contributed by atoms with Crippen LogP contribution in [0.4, 0.5) is 0 Å². The molecule has 4 heteroatoms. The molecular formula is C21H18N2S2. The molecule has 0 aliphatic heterocycles. The molecule has 0 radical (unpaired) electrons. The molecule has 3 aromatic rings. The van der Waals surface area contributed by atoms with Gasteiger partial charge in [-0.05, 0) is 5.56 Å². The summed E-state index contributed by atoms with van der Waals surface area (Å²) in [6.45, 7) is 0. The Labute approximate surface area is 158 Å². The van der Waals surface area contributed by atoms with Gasteiger partial charge in [-0.2, -0.15) is 5.10 Å². The predicted molar refractivity (Wildman–Crippen MR) is 112 cm³/mol. The molecule has 0 aromatic heterocycles. The van der Waals surface area contributed by atoms with Crippen LogP contribution in [-0.4, -0.2) is 10.0 Å². The molecule has 0 atom stereocenters. The first kappa shape index (κ1) is 17.4. The summed E-state index contributed by atoms with van der Waals surface area (Å²) in [5.41, 5.74) is 7.26. The second kappa shape index (κ2) is 9.16. The predicted octanol–water partition coefficient (Wildman–Crippen LogP) is 5.25. The lowest BCUT2D eigenvalue weighted by atomic mass is 10.0. The van der Waals surface area contributed by atoms with E-state index < -0.39 is 0 Å². The van der Waals surface area contributed by atoms with Gasteiger partial charge in [0, 0.05) is 16.9 Å². The molecule has 0 aliphatic carbocycles. The van der Waals surface area contributed by atoms with E-state index in [9.17, 15) is 0 Å². The Morgan fingerprint density at radius 3 is 1.76 bits per heavy atom. The zero-order chi connectivity index (χ0) is 17.3. The molecule has 0 unspecified atom stereocenters. The van der Waals surface area contributed by atoms with E-state index in [1.807, 2.05) is 78.9 Å². The lowest BCUT2D eigenvalue weighted by Crippen LogP contribution is -2.16. The fraction of sp³-hybridized carbons (Fsp3) is 0.0476. The Morgan fingerprint density at radius 2 is 1.24 bits per heavy atom. The van der Waals surface area contributed by atoms with Crippen molar-refractivity contribution in [3.63, 3.8) is 0 Å². The number of thioether (sulfide) groups is 1. The normalized spacial score (nSPS) is 10.1. The van der Waals surface area contributed by atoms with Crippen molar-refractivity contribution >= 4 is 34.0 Å². The Hall–Kier alpha value is -2.43. The SMILES string of the molecule is S=C(NN=C(c1ccccc1)c1ccccc1)SCc1ccccc1. The third-order valence-electron chi connectivity index (χ3n) is 3.57. The van der Waals surface area contributed by atoms with Gasteiger partial charge in [0.05, 0.1) is 5.71 Å². The van der Waals surface area contributed by atoms with Gasteiger partial charge in [0.1, 0.15) is 0 Å². The molecule has 0 saturated heterocycles. The van der Waals surface area contributed by atoms with Gasteiger partial charge in [0.15, 0.2) is 4.32 Å². The molecule has 124 valence electrons. The monoisotopic (exact) mass is 362 g/mol. The number of nitrogens with zero attached hydrogens (tertiary/aromatic N) is 1. The van der Waals surface area contributed by atoms with Gasteiger partial charge in [0.2, 0.25) is 0 Å². The molecule has 3 aromatic carbocycles. The van der Waals surface area contributed by atoms with E-state index in [0.29, 0.717) is 4.32 Å². The Bertz CT molecular complexity index is 790. The van der Waals surface area contributed by atoms with Crippen LogP contribution in [-0.2, 0) is 5.75 Å². The number of hydrogen-bond acceptors (Lipinski definition) is 3. The van der Waals surface area contributed by atoms with Crippen molar-refractivity contribution in [3.05, 3.63) is 108 Å². The van der Waals surface area contributed by atoms with Crippen LogP contribution < -0.4 is 5.43 Å². The van der Waals surface area contributed by atoms with Crippen LogP contribution in [0.25, 0.3) is 0 Å². The van der Waals surface area contributed by atoms with Crippen LogP contribution in [0.15, 0.2) is 96.1 Å². The number of nitrogens with one attached hydrogen (secondary N) is 1. The molecule has 25 heavy (non-hydrogen) atoms. The van der Waals surface area contributed by atoms with Crippen molar-refractivity contribution in [2.24, 2.45) is 5.10 Å². The summed E-state index contributed by atoms with van der Waals surface area (Å²) in [6.07, 6.45) is 0. The number of hydrazone groups is 1. The first-order valence-electron chi connectivity index (χ1n) is 7.98. The van der Waals surface area contributed by atoms with E-state index >= 15 is 0 Å². The fourth-order valence-electron chi connectivity index (χ4n) is 2.34. The fourth-order valence-corrected chi connectivity index (χ4v) is 3.17. The highest BCUT2D eigenvalue weighted by Crippen LogP contribution is 2.14. The van der Waals surface area contributed by atoms with Gasteiger partial charge in [0.25, 0.3) is 0 Å². The third kappa shape index (κ3) is 5.28. The largest absolute Gasteiger partial charge is 0.262 e. The van der Waals surface area contributed by atoms with Gasteiger partial charge in [-0.1, -0.05) is 115 Å². The number of hydrogen-bond donors (Lipinski definition) is 1. The van der Waals surface area contributed by atoms with Gasteiger partial charge in [-0.3, -0.25) is 5.43 Å². The van der Waals surface area contributed by atoms with Gasteiger partial charge < -0.3 is 0 Å². The van der Waals surface area contributed by atoms with Crippen molar-refractivity contribution in [1.29, 1.82) is 0 Å². The summed E-state index contributed by atoms with van der Waals surface area (Å²) >= 11 is 6.99. The molecule has 0 aliphatic rings. The second-order valence-corrected chi connectivity index (χ2v) is 7.02. The average molecular weight is 363 g/mol. The second-order valence-electron chi connectivity index (χ2n) is 5.37. The maximum Gasteiger partial charge on any atom is 0.154 e. The molecule has 0 spiro atoms. The highest BCUT2D eigenvalue weighted by Gasteiger charge is 2.07. The molecule has 1 N–H and O–H groups in total.